The number of hydrogen-bond acceptors (Lipinski definition) is 13. The van der Waals surface area contributed by atoms with Gasteiger partial charge in [-0.25, -0.2) is 36.5 Å². The van der Waals surface area contributed by atoms with Crippen LogP contribution in [0.1, 0.15) is 37.5 Å². The predicted octanol–water partition coefficient (Wildman–Crippen LogP) is 1.93. The Labute approximate surface area is 292 Å². The van der Waals surface area contributed by atoms with E-state index in [9.17, 15) is 60.6 Å². The molecule has 31 heteroatoms. The molecule has 3 amide bonds. The molecule has 1 aromatic heterocycles. The van der Waals surface area contributed by atoms with E-state index in [0.29, 0.717) is 6.07 Å². The van der Waals surface area contributed by atoms with Crippen molar-refractivity contribution in [3.8, 4) is 0 Å². The largest absolute Gasteiger partial charge is 0.490 e. The number of aliphatic hydroxyl groups is 1. The highest BCUT2D eigenvalue weighted by molar-refractivity contribution is 7.66. The van der Waals surface area contributed by atoms with E-state index in [2.05, 4.69) is 38.8 Å². The van der Waals surface area contributed by atoms with E-state index in [1.54, 1.807) is 5.43 Å². The molecule has 5 atom stereocenters. The molecule has 1 saturated heterocycles. The number of nitrogens with zero attached hydrogens (tertiary/aromatic N) is 6. The monoisotopic (exact) mass is 826 g/mol. The number of aliphatic hydroxyl groups excluding tert-OH is 1. The number of hydrazone groups is 1. The van der Waals surface area contributed by atoms with Crippen LogP contribution in [0.25, 0.3) is 10.4 Å². The van der Waals surface area contributed by atoms with Crippen molar-refractivity contribution in [2.75, 3.05) is 18.5 Å². The van der Waals surface area contributed by atoms with Gasteiger partial charge in [-0.1, -0.05) is 10.5 Å². The molecule has 0 radical (unpaired) electrons. The first kappa shape index (κ1) is 43.3. The van der Waals surface area contributed by atoms with Crippen LogP contribution in [0, 0.1) is 17.5 Å². The number of nitrogens with one attached hydrogen (secondary N) is 3. The maximum atomic E-state index is 14.0. The summed E-state index contributed by atoms with van der Waals surface area (Å²) in [5.41, 5.74) is 6.74. The van der Waals surface area contributed by atoms with Crippen molar-refractivity contribution < 1.29 is 88.4 Å². The van der Waals surface area contributed by atoms with Gasteiger partial charge in [0.2, 0.25) is 0 Å². The summed E-state index contributed by atoms with van der Waals surface area (Å²) in [5, 5.41) is 17.5. The number of carbonyl (C=O) groups is 2. The number of aromatic nitrogens is 2. The van der Waals surface area contributed by atoms with Crippen molar-refractivity contribution in [2.45, 2.75) is 44.1 Å². The van der Waals surface area contributed by atoms with Gasteiger partial charge < -0.3 is 34.7 Å². The zero-order valence-corrected chi connectivity index (χ0v) is 28.8. The maximum absolute atomic E-state index is 14.0. The van der Waals surface area contributed by atoms with Gasteiger partial charge >= 0.3 is 35.2 Å². The molecule has 292 valence electrons. The molecule has 2 heterocycles. The van der Waals surface area contributed by atoms with Crippen molar-refractivity contribution in [3.05, 3.63) is 62.3 Å². The zero-order chi connectivity index (χ0) is 39.7. The lowest BCUT2D eigenvalue weighted by molar-refractivity contribution is -0.741. The van der Waals surface area contributed by atoms with Crippen LogP contribution in [0.15, 0.2) is 28.2 Å². The number of ether oxygens (including phenoxy) is 1. The Balaban J connectivity index is 1.42. The van der Waals surface area contributed by atoms with Gasteiger partial charge in [-0.2, -0.15) is 13.6 Å². The summed E-state index contributed by atoms with van der Waals surface area (Å²) in [6.07, 6.45) is -3.13. The lowest BCUT2D eigenvalue weighted by atomic mass is 10.2. The van der Waals surface area contributed by atoms with Crippen LogP contribution in [0.4, 0.5) is 34.0 Å². The second-order valence-corrected chi connectivity index (χ2v) is 14.7. The van der Waals surface area contributed by atoms with Crippen molar-refractivity contribution in [1.82, 2.24) is 20.3 Å². The minimum atomic E-state index is -5.78. The molecule has 8 N–H and O–H groups in total. The number of anilines is 1. The summed E-state index contributed by atoms with van der Waals surface area (Å²) in [6.45, 7) is -1.01. The fourth-order valence-corrected chi connectivity index (χ4v) is 7.17. The zero-order valence-electron chi connectivity index (χ0n) is 26.1. The van der Waals surface area contributed by atoms with E-state index in [1.165, 1.54) is 0 Å². The second-order valence-electron chi connectivity index (χ2n) is 10.2. The lowest BCUT2D eigenvalue weighted by Gasteiger charge is -2.19. The highest BCUT2D eigenvalue weighted by Crippen LogP contribution is 2.66. The quantitative estimate of drug-likeness (QED) is 0.0108. The number of hydrazine groups is 1. The van der Waals surface area contributed by atoms with Gasteiger partial charge in [0.1, 0.15) is 39.0 Å². The number of halogens is 4. The number of carbonyl (C=O) groups excluding carboxylic acids is 2. The van der Waals surface area contributed by atoms with E-state index in [-0.39, 0.29) is 44.3 Å². The lowest BCUT2D eigenvalue weighted by Crippen LogP contribution is -2.33. The van der Waals surface area contributed by atoms with Crippen LogP contribution in [0.3, 0.4) is 0 Å². The van der Waals surface area contributed by atoms with E-state index in [0.717, 1.165) is 16.8 Å². The third kappa shape index (κ3) is 13.7. The molecule has 1 aromatic carbocycles. The molecule has 0 aliphatic carbocycles. The van der Waals surface area contributed by atoms with E-state index >= 15 is 0 Å². The highest BCUT2D eigenvalue weighted by Gasteiger charge is 2.43. The topological polar surface area (TPSA) is 346 Å². The number of phosphoric ester groups is 1. The van der Waals surface area contributed by atoms with Crippen molar-refractivity contribution >= 4 is 53.1 Å². The summed E-state index contributed by atoms with van der Waals surface area (Å²) < 4.78 is 108. The third-order valence-electron chi connectivity index (χ3n) is 6.31. The molecule has 1 fully saturated rings. The SMILES string of the molecule is [N-]=[N+]=Nc1c(F)cc(C=[N+](F)NC(=O)CCCCNC(=O)Nc2ccn([C@H]3C[C@H](O)[C@@H](COP(=O)(O)OP(=O)(O)OP(=O)(O)O)O3)c(=O)n2)c(F)c1F. The van der Waals surface area contributed by atoms with Crippen LogP contribution in [0.2, 0.25) is 0 Å². The van der Waals surface area contributed by atoms with Crippen LogP contribution in [-0.2, 0) is 36.4 Å². The van der Waals surface area contributed by atoms with E-state index in [4.69, 9.17) is 20.1 Å². The predicted molar refractivity (Wildman–Crippen MR) is 164 cm³/mol. The summed E-state index contributed by atoms with van der Waals surface area (Å²) in [5.74, 6) is -6.29. The van der Waals surface area contributed by atoms with Crippen LogP contribution in [0.5, 0.6) is 0 Å². The molecule has 24 nitrogen and oxygen atoms in total. The van der Waals surface area contributed by atoms with Crippen molar-refractivity contribution in [1.29, 1.82) is 0 Å². The summed E-state index contributed by atoms with van der Waals surface area (Å²) in [6, 6.07) is 0.655. The smallest absolute Gasteiger partial charge is 0.390 e. The minimum absolute atomic E-state index is 0.0292. The number of urea groups is 1. The van der Waals surface area contributed by atoms with Gasteiger partial charge in [0.05, 0.1) is 18.3 Å². The Bertz CT molecular complexity index is 2000. The molecular weight excluding hydrogens is 799 g/mol. The molecule has 3 rings (SSSR count). The number of unbranched alkanes of at least 4 members (excludes halogenated alkanes) is 1. The van der Waals surface area contributed by atoms with Crippen LogP contribution < -0.4 is 21.7 Å². The minimum Gasteiger partial charge on any atom is -0.390 e. The number of hydrogen-bond donors (Lipinski definition) is 8. The van der Waals surface area contributed by atoms with Gasteiger partial charge in [0.15, 0.2) is 11.6 Å². The Morgan fingerprint density at radius 2 is 1.85 bits per heavy atom. The fourth-order valence-electron chi connectivity index (χ4n) is 4.14. The fraction of sp³-hybridized carbons (Fsp3) is 0.409. The van der Waals surface area contributed by atoms with Gasteiger partial charge in [0, 0.05) is 30.5 Å². The Morgan fingerprint density at radius 1 is 1.15 bits per heavy atom. The molecule has 0 spiro atoms. The standard InChI is InChI=1S/C22H26F4N9O15P3/c23-12-7-11(18(24)19(25)20(12)31-33-27)9-35(26)32-16(37)3-1-2-5-28-21(38)29-15-4-6-34(22(39)30-15)17-8-13(36)14(48-17)10-47-52(43,44)50-53(45,46)49-51(40,41)42/h4,6-7,9,13-14,17,36H,1-3,5,8,10H2,(H6-,28,29,30,32,37,38,39,40,41,42,43,44,45,46)/p+1/t13-,14+,17+/m0/s1. The first-order valence-corrected chi connectivity index (χ1v) is 18.7. The Kier molecular flexibility index (Phi) is 14.9. The number of benzene rings is 1. The Morgan fingerprint density at radius 3 is 2.49 bits per heavy atom. The first-order chi connectivity index (χ1) is 24.6. The molecule has 0 saturated carbocycles. The third-order valence-corrected chi connectivity index (χ3v) is 10.1. The van der Waals surface area contributed by atoms with E-state index in [1.807, 2.05) is 0 Å². The molecule has 0 bridgehead atoms. The maximum Gasteiger partial charge on any atom is 0.490 e. The normalized spacial score (nSPS) is 19.8. The Hall–Kier alpha value is -4.13. The first-order valence-electron chi connectivity index (χ1n) is 14.2. The number of amides is 3. The van der Waals surface area contributed by atoms with Gasteiger partial charge in [-0.3, -0.25) is 19.2 Å². The molecule has 1 aliphatic heterocycles. The summed E-state index contributed by atoms with van der Waals surface area (Å²) >= 11 is 0. The number of phosphoric acid groups is 3. The molecule has 53 heavy (non-hydrogen) atoms. The highest BCUT2D eigenvalue weighted by atomic mass is 31.3. The molecular formula is C22H27F4N9O15P3+. The second kappa shape index (κ2) is 18.3. The van der Waals surface area contributed by atoms with Gasteiger partial charge in [-0.15, -0.1) is 0 Å². The molecule has 1 aliphatic rings. The van der Waals surface area contributed by atoms with Gasteiger partial charge in [-0.05, 0) is 30.5 Å². The summed E-state index contributed by atoms with van der Waals surface area (Å²) in [7, 11) is -16.9. The summed E-state index contributed by atoms with van der Waals surface area (Å²) in [4.78, 5) is 77.8. The average Bonchev–Trinajstić information content (AvgIpc) is 3.38. The van der Waals surface area contributed by atoms with Crippen molar-refractivity contribution in [3.63, 3.8) is 0 Å². The van der Waals surface area contributed by atoms with Crippen molar-refractivity contribution in [2.24, 2.45) is 5.11 Å². The van der Waals surface area contributed by atoms with Gasteiger partial charge in [0.25, 0.3) is 12.1 Å². The van der Waals surface area contributed by atoms with Crippen LogP contribution >= 0.6 is 23.5 Å². The molecule has 2 unspecified atom stereocenters. The number of azide groups is 1. The molecule has 2 aromatic rings. The number of rotatable bonds is 17. The average molecular weight is 826 g/mol. The van der Waals surface area contributed by atoms with Crippen LogP contribution in [-0.4, -0.2) is 82.7 Å². The van der Waals surface area contributed by atoms with E-state index < -0.39 is 99.7 Å².